The molecule has 0 fully saturated rings. The molecular weight excluding hydrogens is 302 g/mol. The van der Waals surface area contributed by atoms with Gasteiger partial charge in [-0.15, -0.1) is 0 Å². The lowest BCUT2D eigenvalue weighted by molar-refractivity contribution is -0.118. The molecule has 0 aromatic heterocycles. The number of anilines is 1. The highest BCUT2D eigenvalue weighted by Gasteiger charge is 2.15. The van der Waals surface area contributed by atoms with Crippen molar-refractivity contribution in [2.75, 3.05) is 11.9 Å². The van der Waals surface area contributed by atoms with Gasteiger partial charge in [0, 0.05) is 5.69 Å². The van der Waals surface area contributed by atoms with Crippen LogP contribution in [-0.4, -0.2) is 17.6 Å². The molecular formula is C20H25NO3. The zero-order valence-electron chi connectivity index (χ0n) is 14.7. The highest BCUT2D eigenvalue weighted by Crippen LogP contribution is 2.23. The minimum absolute atomic E-state index is 0.0562. The number of hydrogen-bond acceptors (Lipinski definition) is 3. The second kappa shape index (κ2) is 7.49. The van der Waals surface area contributed by atoms with Crippen LogP contribution in [0, 0.1) is 6.92 Å². The zero-order chi connectivity index (χ0) is 17.7. The van der Waals surface area contributed by atoms with Crippen LogP contribution in [0.1, 0.15) is 37.5 Å². The maximum atomic E-state index is 12.2. The quantitative estimate of drug-likeness (QED) is 0.848. The summed E-state index contributed by atoms with van der Waals surface area (Å²) in [5, 5.41) is 12.9. The molecule has 2 aromatic rings. The van der Waals surface area contributed by atoms with Crippen LogP contribution in [0.5, 0.6) is 5.75 Å². The van der Waals surface area contributed by atoms with Crippen LogP contribution in [-0.2, 0) is 16.8 Å². The number of rotatable bonds is 6. The van der Waals surface area contributed by atoms with Gasteiger partial charge in [-0.1, -0.05) is 37.3 Å². The predicted molar refractivity (Wildman–Crippen MR) is 96.4 cm³/mol. The summed E-state index contributed by atoms with van der Waals surface area (Å²) in [5.74, 6) is 0.407. The maximum absolute atomic E-state index is 12.2. The first-order chi connectivity index (χ1) is 11.3. The number of carbonyl (C=O) groups is 1. The van der Waals surface area contributed by atoms with Gasteiger partial charge in [0.15, 0.2) is 6.61 Å². The SMILES string of the molecule is CCc1cccc(C)c1NC(=O)COc1ccc(C(C)(C)O)cc1. The largest absolute Gasteiger partial charge is 0.484 e. The van der Waals surface area contributed by atoms with Crippen LogP contribution in [0.25, 0.3) is 0 Å². The molecule has 4 heteroatoms. The molecule has 128 valence electrons. The zero-order valence-corrected chi connectivity index (χ0v) is 14.7. The van der Waals surface area contributed by atoms with Crippen molar-refractivity contribution in [1.82, 2.24) is 0 Å². The molecule has 0 spiro atoms. The van der Waals surface area contributed by atoms with Crippen LogP contribution >= 0.6 is 0 Å². The van der Waals surface area contributed by atoms with Crippen molar-refractivity contribution in [3.63, 3.8) is 0 Å². The molecule has 0 radical (unpaired) electrons. The van der Waals surface area contributed by atoms with E-state index in [-0.39, 0.29) is 12.5 Å². The summed E-state index contributed by atoms with van der Waals surface area (Å²) in [4.78, 5) is 12.2. The van der Waals surface area contributed by atoms with E-state index < -0.39 is 5.60 Å². The van der Waals surface area contributed by atoms with Crippen molar-refractivity contribution in [2.24, 2.45) is 0 Å². The Kier molecular flexibility index (Phi) is 5.62. The third kappa shape index (κ3) is 4.59. The summed E-state index contributed by atoms with van der Waals surface area (Å²) in [5.41, 5.74) is 2.92. The van der Waals surface area contributed by atoms with Crippen LogP contribution in [0.2, 0.25) is 0 Å². The normalized spacial score (nSPS) is 11.2. The standard InChI is InChI=1S/C20H25NO3/c1-5-15-8-6-7-14(2)19(15)21-18(22)13-24-17-11-9-16(10-12-17)20(3,4)23/h6-12,23H,5,13H2,1-4H3,(H,21,22). The highest BCUT2D eigenvalue weighted by molar-refractivity contribution is 5.93. The van der Waals surface area contributed by atoms with Gasteiger partial charge < -0.3 is 15.2 Å². The van der Waals surface area contributed by atoms with Crippen molar-refractivity contribution in [3.05, 3.63) is 59.2 Å². The van der Waals surface area contributed by atoms with Crippen molar-refractivity contribution >= 4 is 11.6 Å². The van der Waals surface area contributed by atoms with E-state index >= 15 is 0 Å². The Balaban J connectivity index is 1.97. The summed E-state index contributed by atoms with van der Waals surface area (Å²) in [6.07, 6.45) is 0.858. The van der Waals surface area contributed by atoms with E-state index in [1.807, 2.05) is 25.1 Å². The Morgan fingerprint density at radius 3 is 2.42 bits per heavy atom. The van der Waals surface area contributed by atoms with E-state index in [4.69, 9.17) is 4.74 Å². The van der Waals surface area contributed by atoms with Crippen molar-refractivity contribution in [3.8, 4) is 5.75 Å². The molecule has 4 nitrogen and oxygen atoms in total. The molecule has 1 amide bonds. The van der Waals surface area contributed by atoms with Gasteiger partial charge in [0.05, 0.1) is 5.60 Å². The molecule has 24 heavy (non-hydrogen) atoms. The van der Waals surface area contributed by atoms with E-state index in [2.05, 4.69) is 12.2 Å². The molecule has 2 rings (SSSR count). The highest BCUT2D eigenvalue weighted by atomic mass is 16.5. The number of benzene rings is 2. The third-order valence-electron chi connectivity index (χ3n) is 3.94. The van der Waals surface area contributed by atoms with Gasteiger partial charge in [-0.25, -0.2) is 0 Å². The molecule has 2 N–H and O–H groups in total. The molecule has 0 atom stereocenters. The van der Waals surface area contributed by atoms with E-state index in [1.54, 1.807) is 38.1 Å². The molecule has 2 aromatic carbocycles. The number of aryl methyl sites for hydroxylation is 2. The summed E-state index contributed by atoms with van der Waals surface area (Å²) < 4.78 is 5.53. The van der Waals surface area contributed by atoms with Crippen LogP contribution in [0.4, 0.5) is 5.69 Å². The van der Waals surface area contributed by atoms with E-state index in [1.165, 1.54) is 0 Å². The molecule has 0 unspecified atom stereocenters. The Labute approximate surface area is 143 Å². The molecule has 0 heterocycles. The number of carbonyl (C=O) groups excluding carboxylic acids is 1. The fourth-order valence-electron chi connectivity index (χ4n) is 2.49. The van der Waals surface area contributed by atoms with E-state index in [9.17, 15) is 9.90 Å². The lowest BCUT2D eigenvalue weighted by atomic mass is 9.99. The minimum Gasteiger partial charge on any atom is -0.484 e. The smallest absolute Gasteiger partial charge is 0.262 e. The second-order valence-corrected chi connectivity index (χ2v) is 6.38. The number of nitrogens with one attached hydrogen (secondary N) is 1. The predicted octanol–water partition coefficient (Wildman–Crippen LogP) is 3.80. The number of para-hydroxylation sites is 1. The number of amides is 1. The first-order valence-electron chi connectivity index (χ1n) is 8.15. The lowest BCUT2D eigenvalue weighted by Crippen LogP contribution is -2.21. The van der Waals surface area contributed by atoms with Gasteiger partial charge in [-0.2, -0.15) is 0 Å². The molecule has 0 saturated heterocycles. The first kappa shape index (κ1) is 18.0. The van der Waals surface area contributed by atoms with E-state index in [0.717, 1.165) is 28.8 Å². The van der Waals surface area contributed by atoms with E-state index in [0.29, 0.717) is 5.75 Å². The average Bonchev–Trinajstić information content (AvgIpc) is 2.54. The van der Waals surface area contributed by atoms with Gasteiger partial charge >= 0.3 is 0 Å². The average molecular weight is 327 g/mol. The van der Waals surface area contributed by atoms with Crippen molar-refractivity contribution < 1.29 is 14.6 Å². The number of ether oxygens (including phenoxy) is 1. The first-order valence-corrected chi connectivity index (χ1v) is 8.15. The monoisotopic (exact) mass is 327 g/mol. The third-order valence-corrected chi connectivity index (χ3v) is 3.94. The Hall–Kier alpha value is -2.33. The fourth-order valence-corrected chi connectivity index (χ4v) is 2.49. The maximum Gasteiger partial charge on any atom is 0.262 e. The van der Waals surface area contributed by atoms with Crippen LogP contribution < -0.4 is 10.1 Å². The number of aliphatic hydroxyl groups is 1. The molecule has 0 saturated carbocycles. The Morgan fingerprint density at radius 1 is 1.17 bits per heavy atom. The van der Waals surface area contributed by atoms with Crippen molar-refractivity contribution in [1.29, 1.82) is 0 Å². The molecule has 0 aliphatic carbocycles. The fraction of sp³-hybridized carbons (Fsp3) is 0.350. The van der Waals surface area contributed by atoms with Gasteiger partial charge in [-0.3, -0.25) is 4.79 Å². The van der Waals surface area contributed by atoms with Crippen LogP contribution in [0.15, 0.2) is 42.5 Å². The number of hydrogen-bond donors (Lipinski definition) is 2. The molecule has 0 aliphatic heterocycles. The lowest BCUT2D eigenvalue weighted by Gasteiger charge is -2.18. The van der Waals surface area contributed by atoms with Gasteiger partial charge in [0.25, 0.3) is 5.91 Å². The summed E-state index contributed by atoms with van der Waals surface area (Å²) in [6, 6.07) is 13.1. The Morgan fingerprint density at radius 2 is 1.83 bits per heavy atom. The van der Waals surface area contributed by atoms with Crippen molar-refractivity contribution in [2.45, 2.75) is 39.7 Å². The summed E-state index contributed by atoms with van der Waals surface area (Å²) >= 11 is 0. The van der Waals surface area contributed by atoms with Gasteiger partial charge in [0.1, 0.15) is 5.75 Å². The topological polar surface area (TPSA) is 58.6 Å². The van der Waals surface area contributed by atoms with Gasteiger partial charge in [-0.05, 0) is 56.0 Å². The summed E-state index contributed by atoms with van der Waals surface area (Å²) in [7, 11) is 0. The molecule has 0 bridgehead atoms. The molecule has 0 aliphatic rings. The second-order valence-electron chi connectivity index (χ2n) is 6.38. The Bertz CT molecular complexity index is 700. The minimum atomic E-state index is -0.892. The van der Waals surface area contributed by atoms with Gasteiger partial charge in [0.2, 0.25) is 0 Å². The summed E-state index contributed by atoms with van der Waals surface area (Å²) in [6.45, 7) is 7.43. The van der Waals surface area contributed by atoms with Crippen LogP contribution in [0.3, 0.4) is 0 Å².